The Bertz CT molecular complexity index is 635. The van der Waals surface area contributed by atoms with E-state index in [4.69, 9.17) is 22.7 Å². The van der Waals surface area contributed by atoms with Crippen LogP contribution < -0.4 is 10.5 Å². The quantitative estimate of drug-likeness (QED) is 0.813. The van der Waals surface area contributed by atoms with Gasteiger partial charge in [0.15, 0.2) is 0 Å². The van der Waals surface area contributed by atoms with Crippen molar-refractivity contribution < 1.29 is 13.2 Å². The van der Waals surface area contributed by atoms with E-state index in [9.17, 15) is 8.42 Å². The topological polar surface area (TPSA) is 81.4 Å². The predicted molar refractivity (Wildman–Crippen MR) is 81.2 cm³/mol. The molecule has 1 unspecified atom stereocenters. The third-order valence-electron chi connectivity index (χ3n) is 3.35. The molecule has 0 radical (unpaired) electrons. The molecule has 1 aliphatic heterocycles. The maximum atomic E-state index is 12.5. The second-order valence-corrected chi connectivity index (χ2v) is 7.40. The van der Waals surface area contributed by atoms with Crippen LogP contribution in [0.5, 0.6) is 0 Å². The highest BCUT2D eigenvalue weighted by Gasteiger charge is 2.35. The third-order valence-corrected chi connectivity index (χ3v) is 5.38. The molecule has 7 heteroatoms. The van der Waals surface area contributed by atoms with Crippen LogP contribution in [0.2, 0.25) is 0 Å². The first kappa shape index (κ1) is 15.4. The first-order chi connectivity index (χ1) is 9.23. The fourth-order valence-electron chi connectivity index (χ4n) is 2.23. The summed E-state index contributed by atoms with van der Waals surface area (Å²) in [6, 6.07) is 4.84. The molecule has 0 aromatic heterocycles. The lowest BCUT2D eigenvalue weighted by molar-refractivity contribution is 0.178. The molecule has 1 heterocycles. The summed E-state index contributed by atoms with van der Waals surface area (Å²) in [5, 5.41) is 0. The van der Waals surface area contributed by atoms with Crippen LogP contribution in [0.4, 0.5) is 0 Å². The Labute approximate surface area is 124 Å². The number of benzene rings is 1. The average molecular weight is 314 g/mol. The minimum absolute atomic E-state index is 0.241. The summed E-state index contributed by atoms with van der Waals surface area (Å²) < 4.78 is 32.9. The number of aryl methyl sites for hydroxylation is 1. The van der Waals surface area contributed by atoms with Gasteiger partial charge in [0.05, 0.1) is 17.0 Å². The van der Waals surface area contributed by atoms with Gasteiger partial charge in [-0.1, -0.05) is 18.3 Å². The minimum atomic E-state index is -3.59. The van der Waals surface area contributed by atoms with E-state index < -0.39 is 15.6 Å². The van der Waals surface area contributed by atoms with E-state index in [2.05, 4.69) is 4.72 Å². The Morgan fingerprint density at radius 3 is 2.70 bits per heavy atom. The van der Waals surface area contributed by atoms with Crippen LogP contribution >= 0.6 is 12.2 Å². The Morgan fingerprint density at radius 1 is 1.50 bits per heavy atom. The molecule has 1 saturated heterocycles. The molecule has 1 fully saturated rings. The second kappa shape index (κ2) is 5.40. The summed E-state index contributed by atoms with van der Waals surface area (Å²) in [4.78, 5) is 0.492. The molecule has 1 atom stereocenters. The number of thiocarbonyl (C=S) groups is 1. The highest BCUT2D eigenvalue weighted by Crippen LogP contribution is 2.23. The van der Waals surface area contributed by atoms with Gasteiger partial charge in [-0.25, -0.2) is 13.1 Å². The smallest absolute Gasteiger partial charge is 0.241 e. The maximum absolute atomic E-state index is 12.5. The van der Waals surface area contributed by atoms with E-state index >= 15 is 0 Å². The van der Waals surface area contributed by atoms with Crippen molar-refractivity contribution in [2.75, 3.05) is 13.2 Å². The molecule has 5 nitrogen and oxygen atoms in total. The zero-order valence-corrected chi connectivity index (χ0v) is 13.1. The molecular formula is C13H18N2O3S2. The number of hydrogen-bond acceptors (Lipinski definition) is 4. The average Bonchev–Trinajstić information content (AvgIpc) is 2.74. The second-order valence-electron chi connectivity index (χ2n) is 5.31. The van der Waals surface area contributed by atoms with E-state index in [1.165, 1.54) is 6.07 Å². The molecule has 0 amide bonds. The maximum Gasteiger partial charge on any atom is 0.241 e. The van der Waals surface area contributed by atoms with Gasteiger partial charge in [-0.3, -0.25) is 0 Å². The minimum Gasteiger partial charge on any atom is -0.389 e. The zero-order chi connectivity index (χ0) is 15.0. The zero-order valence-electron chi connectivity index (χ0n) is 11.5. The fourth-order valence-corrected chi connectivity index (χ4v) is 4.01. The van der Waals surface area contributed by atoms with Crippen LogP contribution in [0.3, 0.4) is 0 Å². The lowest BCUT2D eigenvalue weighted by Crippen LogP contribution is -2.46. The standard InChI is InChI=1S/C13H18N2O3S2/c1-9-7-10(12(14)19)3-4-11(9)20(16,17)15-13(2)5-6-18-8-13/h3-4,7,15H,5-6,8H2,1-2H3,(H2,14,19). The Hall–Kier alpha value is -1.02. The van der Waals surface area contributed by atoms with E-state index in [1.807, 2.05) is 6.92 Å². The van der Waals surface area contributed by atoms with Crippen LogP contribution in [0.1, 0.15) is 24.5 Å². The molecule has 0 aliphatic carbocycles. The van der Waals surface area contributed by atoms with Crippen molar-refractivity contribution in [2.24, 2.45) is 5.73 Å². The van der Waals surface area contributed by atoms with E-state index in [0.717, 1.165) is 0 Å². The van der Waals surface area contributed by atoms with Crippen LogP contribution in [-0.4, -0.2) is 32.2 Å². The molecule has 110 valence electrons. The largest absolute Gasteiger partial charge is 0.389 e. The van der Waals surface area contributed by atoms with Gasteiger partial charge in [-0.15, -0.1) is 0 Å². The van der Waals surface area contributed by atoms with Gasteiger partial charge in [-0.05, 0) is 38.0 Å². The van der Waals surface area contributed by atoms with Crippen molar-refractivity contribution in [3.05, 3.63) is 29.3 Å². The normalized spacial score (nSPS) is 22.9. The molecule has 0 bridgehead atoms. The summed E-state index contributed by atoms with van der Waals surface area (Å²) in [6.45, 7) is 4.52. The summed E-state index contributed by atoms with van der Waals surface area (Å²) in [7, 11) is -3.59. The van der Waals surface area contributed by atoms with Crippen LogP contribution in [0.25, 0.3) is 0 Å². The Morgan fingerprint density at radius 2 is 2.20 bits per heavy atom. The van der Waals surface area contributed by atoms with Crippen LogP contribution in [0, 0.1) is 6.92 Å². The van der Waals surface area contributed by atoms with Crippen molar-refractivity contribution in [1.29, 1.82) is 0 Å². The van der Waals surface area contributed by atoms with Crippen LogP contribution in [-0.2, 0) is 14.8 Å². The number of ether oxygens (including phenoxy) is 1. The van der Waals surface area contributed by atoms with Crippen molar-refractivity contribution in [3.63, 3.8) is 0 Å². The summed E-state index contributed by atoms with van der Waals surface area (Å²) >= 11 is 4.89. The van der Waals surface area contributed by atoms with Gasteiger partial charge in [0.1, 0.15) is 4.99 Å². The molecule has 0 spiro atoms. The van der Waals surface area contributed by atoms with Gasteiger partial charge >= 0.3 is 0 Å². The SMILES string of the molecule is Cc1cc(C(N)=S)ccc1S(=O)(=O)NC1(C)CCOC1. The molecule has 1 aromatic carbocycles. The molecule has 2 rings (SSSR count). The van der Waals surface area contributed by atoms with Crippen LogP contribution in [0.15, 0.2) is 23.1 Å². The van der Waals surface area contributed by atoms with E-state index in [-0.39, 0.29) is 9.88 Å². The van der Waals surface area contributed by atoms with Gasteiger partial charge in [0.25, 0.3) is 0 Å². The van der Waals surface area contributed by atoms with Crippen molar-refractivity contribution in [2.45, 2.75) is 30.7 Å². The number of nitrogens with one attached hydrogen (secondary N) is 1. The fraction of sp³-hybridized carbons (Fsp3) is 0.462. The van der Waals surface area contributed by atoms with Gasteiger partial charge in [0, 0.05) is 12.2 Å². The molecule has 20 heavy (non-hydrogen) atoms. The molecule has 1 aromatic rings. The first-order valence-electron chi connectivity index (χ1n) is 6.26. The van der Waals surface area contributed by atoms with Gasteiger partial charge < -0.3 is 10.5 Å². The highest BCUT2D eigenvalue weighted by atomic mass is 32.2. The van der Waals surface area contributed by atoms with Crippen molar-refractivity contribution in [1.82, 2.24) is 4.72 Å². The summed E-state index contributed by atoms with van der Waals surface area (Å²) in [5.74, 6) is 0. The monoisotopic (exact) mass is 314 g/mol. The van der Waals surface area contributed by atoms with Crippen molar-refractivity contribution >= 4 is 27.2 Å². The van der Waals surface area contributed by atoms with Gasteiger partial charge in [-0.2, -0.15) is 0 Å². The number of rotatable bonds is 4. The highest BCUT2D eigenvalue weighted by molar-refractivity contribution is 7.89. The number of sulfonamides is 1. The lowest BCUT2D eigenvalue weighted by atomic mass is 10.0. The third kappa shape index (κ3) is 3.17. The molecular weight excluding hydrogens is 296 g/mol. The first-order valence-corrected chi connectivity index (χ1v) is 8.15. The van der Waals surface area contributed by atoms with E-state index in [0.29, 0.717) is 30.8 Å². The lowest BCUT2D eigenvalue weighted by Gasteiger charge is -2.23. The summed E-state index contributed by atoms with van der Waals surface area (Å²) in [5.41, 5.74) is 6.27. The van der Waals surface area contributed by atoms with E-state index in [1.54, 1.807) is 19.1 Å². The summed E-state index contributed by atoms with van der Waals surface area (Å²) in [6.07, 6.45) is 0.663. The molecule has 3 N–H and O–H groups in total. The Balaban J connectivity index is 2.32. The van der Waals surface area contributed by atoms with Gasteiger partial charge in [0.2, 0.25) is 10.0 Å². The Kier molecular flexibility index (Phi) is 4.15. The van der Waals surface area contributed by atoms with Crippen molar-refractivity contribution in [3.8, 4) is 0 Å². The number of hydrogen-bond donors (Lipinski definition) is 2. The molecule has 0 saturated carbocycles. The predicted octanol–water partition coefficient (Wildman–Crippen LogP) is 1.09. The molecule has 1 aliphatic rings. The number of nitrogens with two attached hydrogens (primary N) is 1.